The largest absolute Gasteiger partial charge is 0.380 e. The van der Waals surface area contributed by atoms with Gasteiger partial charge in [-0.1, -0.05) is 0 Å². The van der Waals surface area contributed by atoms with E-state index in [-0.39, 0.29) is 5.91 Å². The van der Waals surface area contributed by atoms with Crippen molar-refractivity contribution in [2.75, 3.05) is 16.8 Å². The van der Waals surface area contributed by atoms with E-state index in [4.69, 9.17) is 0 Å². The molecule has 1 aromatic heterocycles. The van der Waals surface area contributed by atoms with E-state index in [1.807, 2.05) is 11.0 Å². The van der Waals surface area contributed by atoms with E-state index in [9.17, 15) is 4.79 Å². The number of carbonyl (C=O) groups is 1. The van der Waals surface area contributed by atoms with Gasteiger partial charge in [-0.3, -0.25) is 4.79 Å². The maximum atomic E-state index is 11.5. The molecule has 2 heterocycles. The number of fused-ring (bicyclic) bond motifs is 1. The van der Waals surface area contributed by atoms with Crippen LogP contribution in [-0.2, 0) is 17.8 Å². The summed E-state index contributed by atoms with van der Waals surface area (Å²) < 4.78 is 0. The Morgan fingerprint density at radius 2 is 2.25 bits per heavy atom. The summed E-state index contributed by atoms with van der Waals surface area (Å²) in [4.78, 5) is 14.7. The second-order valence-electron chi connectivity index (χ2n) is 5.14. The molecule has 1 amide bonds. The van der Waals surface area contributed by atoms with Crippen LogP contribution in [0, 0.1) is 6.92 Å². The number of anilines is 2. The van der Waals surface area contributed by atoms with Crippen LogP contribution in [0.2, 0.25) is 0 Å². The van der Waals surface area contributed by atoms with E-state index in [0.29, 0.717) is 0 Å². The van der Waals surface area contributed by atoms with E-state index in [1.165, 1.54) is 16.0 Å². The Kier molecular flexibility index (Phi) is 3.49. The van der Waals surface area contributed by atoms with Gasteiger partial charge in [0.2, 0.25) is 5.91 Å². The van der Waals surface area contributed by atoms with Crippen LogP contribution in [0.25, 0.3) is 0 Å². The molecule has 3 nitrogen and oxygen atoms in total. The smallest absolute Gasteiger partial charge is 0.223 e. The molecular formula is C16H18N2OS. The number of nitrogens with zero attached hydrogens (tertiary/aromatic N) is 1. The second-order valence-corrected chi connectivity index (χ2v) is 6.15. The average Bonchev–Trinajstić information content (AvgIpc) is 3.02. The van der Waals surface area contributed by atoms with Gasteiger partial charge >= 0.3 is 0 Å². The van der Waals surface area contributed by atoms with E-state index < -0.39 is 0 Å². The van der Waals surface area contributed by atoms with Crippen molar-refractivity contribution in [3.8, 4) is 0 Å². The van der Waals surface area contributed by atoms with Gasteiger partial charge in [0.1, 0.15) is 0 Å². The summed E-state index contributed by atoms with van der Waals surface area (Å²) in [6, 6.07) is 8.42. The third-order valence-corrected chi connectivity index (χ3v) is 4.80. The van der Waals surface area contributed by atoms with Crippen LogP contribution < -0.4 is 10.2 Å². The molecule has 2 aromatic rings. The topological polar surface area (TPSA) is 32.3 Å². The molecule has 1 N–H and O–H groups in total. The molecule has 0 unspecified atom stereocenters. The number of hydrogen-bond donors (Lipinski definition) is 1. The molecule has 3 rings (SSSR count). The highest BCUT2D eigenvalue weighted by molar-refractivity contribution is 7.10. The quantitative estimate of drug-likeness (QED) is 0.935. The van der Waals surface area contributed by atoms with Crippen LogP contribution in [0.4, 0.5) is 11.4 Å². The lowest BCUT2D eigenvalue weighted by atomic mass is 10.1. The molecular weight excluding hydrogens is 268 g/mol. The van der Waals surface area contributed by atoms with Crippen molar-refractivity contribution in [1.29, 1.82) is 0 Å². The first-order valence-electron chi connectivity index (χ1n) is 6.83. The zero-order valence-corrected chi connectivity index (χ0v) is 12.6. The monoisotopic (exact) mass is 286 g/mol. The number of hydrogen-bond acceptors (Lipinski definition) is 3. The number of aryl methyl sites for hydroxylation is 1. The van der Waals surface area contributed by atoms with Crippen molar-refractivity contribution in [3.63, 3.8) is 0 Å². The Bertz CT molecular complexity index is 648. The molecule has 20 heavy (non-hydrogen) atoms. The standard InChI is InChI=1S/C16H18N2OS/c1-11-6-8-20-16(11)10-17-14-3-4-15-13(9-14)5-7-18(15)12(2)19/h3-4,6,8-9,17H,5,7,10H2,1-2H3. The van der Waals surface area contributed by atoms with E-state index in [2.05, 4.69) is 35.8 Å². The first kappa shape index (κ1) is 13.2. The fraction of sp³-hybridized carbons (Fsp3) is 0.312. The molecule has 104 valence electrons. The minimum absolute atomic E-state index is 0.124. The van der Waals surface area contributed by atoms with Gasteiger partial charge in [0.05, 0.1) is 0 Å². The summed E-state index contributed by atoms with van der Waals surface area (Å²) in [5.74, 6) is 0.124. The van der Waals surface area contributed by atoms with Crippen LogP contribution in [0.5, 0.6) is 0 Å². The van der Waals surface area contributed by atoms with Crippen molar-refractivity contribution in [1.82, 2.24) is 0 Å². The molecule has 0 radical (unpaired) electrons. The van der Waals surface area contributed by atoms with Gasteiger partial charge in [-0.25, -0.2) is 0 Å². The van der Waals surface area contributed by atoms with Crippen molar-refractivity contribution in [2.24, 2.45) is 0 Å². The highest BCUT2D eigenvalue weighted by atomic mass is 32.1. The first-order valence-corrected chi connectivity index (χ1v) is 7.71. The minimum Gasteiger partial charge on any atom is -0.380 e. The van der Waals surface area contributed by atoms with E-state index in [0.717, 1.165) is 30.9 Å². The molecule has 1 aliphatic rings. The van der Waals surface area contributed by atoms with Crippen molar-refractivity contribution in [2.45, 2.75) is 26.8 Å². The zero-order chi connectivity index (χ0) is 14.1. The Balaban J connectivity index is 1.74. The molecule has 0 fully saturated rings. The molecule has 0 saturated heterocycles. The maximum absolute atomic E-state index is 11.5. The van der Waals surface area contributed by atoms with Crippen LogP contribution in [0.3, 0.4) is 0 Å². The summed E-state index contributed by atoms with van der Waals surface area (Å²) in [5.41, 5.74) is 4.79. The van der Waals surface area contributed by atoms with Crippen LogP contribution in [0.15, 0.2) is 29.6 Å². The Morgan fingerprint density at radius 1 is 1.40 bits per heavy atom. The Labute approximate surface area is 123 Å². The lowest BCUT2D eigenvalue weighted by molar-refractivity contribution is -0.116. The fourth-order valence-corrected chi connectivity index (χ4v) is 3.45. The molecule has 0 spiro atoms. The van der Waals surface area contributed by atoms with Crippen LogP contribution >= 0.6 is 11.3 Å². The Hall–Kier alpha value is -1.81. The van der Waals surface area contributed by atoms with Gasteiger partial charge in [0.15, 0.2) is 0 Å². The van der Waals surface area contributed by atoms with Gasteiger partial charge in [-0.15, -0.1) is 11.3 Å². The minimum atomic E-state index is 0.124. The number of thiophene rings is 1. The third kappa shape index (κ3) is 2.43. The number of benzene rings is 1. The second kappa shape index (κ2) is 5.29. The van der Waals surface area contributed by atoms with Gasteiger partial charge in [0, 0.05) is 36.3 Å². The van der Waals surface area contributed by atoms with Gasteiger partial charge < -0.3 is 10.2 Å². The van der Waals surface area contributed by atoms with Crippen molar-refractivity contribution >= 4 is 28.6 Å². The summed E-state index contributed by atoms with van der Waals surface area (Å²) >= 11 is 1.78. The lowest BCUT2D eigenvalue weighted by Crippen LogP contribution is -2.25. The molecule has 1 aromatic carbocycles. The molecule has 0 bridgehead atoms. The van der Waals surface area contributed by atoms with Crippen LogP contribution in [0.1, 0.15) is 22.9 Å². The summed E-state index contributed by atoms with van der Waals surface area (Å²) in [6.45, 7) is 5.43. The predicted molar refractivity (Wildman–Crippen MR) is 84.6 cm³/mol. The molecule has 4 heteroatoms. The number of amides is 1. The predicted octanol–water partition coefficient (Wildman–Crippen LogP) is 3.58. The molecule has 0 aliphatic carbocycles. The first-order chi connectivity index (χ1) is 9.65. The Morgan fingerprint density at radius 3 is 2.95 bits per heavy atom. The van der Waals surface area contributed by atoms with Crippen LogP contribution in [-0.4, -0.2) is 12.5 Å². The normalized spacial score (nSPS) is 13.4. The van der Waals surface area contributed by atoms with E-state index >= 15 is 0 Å². The lowest BCUT2D eigenvalue weighted by Gasteiger charge is -2.15. The summed E-state index contributed by atoms with van der Waals surface area (Å²) in [7, 11) is 0. The van der Waals surface area contributed by atoms with Gasteiger partial charge in [-0.05, 0) is 54.1 Å². The highest BCUT2D eigenvalue weighted by Gasteiger charge is 2.21. The zero-order valence-electron chi connectivity index (χ0n) is 11.8. The van der Waals surface area contributed by atoms with E-state index in [1.54, 1.807) is 18.3 Å². The number of rotatable bonds is 3. The van der Waals surface area contributed by atoms with Crippen molar-refractivity contribution in [3.05, 3.63) is 45.6 Å². The molecule has 0 saturated carbocycles. The molecule has 0 atom stereocenters. The summed E-state index contributed by atoms with van der Waals surface area (Å²) in [5, 5.41) is 5.59. The highest BCUT2D eigenvalue weighted by Crippen LogP contribution is 2.30. The SMILES string of the molecule is CC(=O)N1CCc2cc(NCc3sccc3C)ccc21. The summed E-state index contributed by atoms with van der Waals surface area (Å²) in [6.07, 6.45) is 0.947. The van der Waals surface area contributed by atoms with Crippen molar-refractivity contribution < 1.29 is 4.79 Å². The number of carbonyl (C=O) groups excluding carboxylic acids is 1. The van der Waals surface area contributed by atoms with Gasteiger partial charge in [-0.2, -0.15) is 0 Å². The fourth-order valence-electron chi connectivity index (χ4n) is 2.61. The molecule has 1 aliphatic heterocycles. The maximum Gasteiger partial charge on any atom is 0.223 e. The van der Waals surface area contributed by atoms with Gasteiger partial charge in [0.25, 0.3) is 0 Å². The third-order valence-electron chi connectivity index (χ3n) is 3.78. The average molecular weight is 286 g/mol. The number of nitrogens with one attached hydrogen (secondary N) is 1.